The van der Waals surface area contributed by atoms with Crippen molar-refractivity contribution in [1.29, 1.82) is 0 Å². The summed E-state index contributed by atoms with van der Waals surface area (Å²) in [5.41, 5.74) is -0.497. The second kappa shape index (κ2) is 5.37. The standard InChI is InChI=1S/C12H20N2O4/c1-8(15)13-9-5-4-6-12(2,3)14(11(9)18)7-10(16)17/h9H,4-7H2,1-3H3,(H,13,15)(H,16,17)/t9-/m0/s1. The molecule has 0 aromatic rings. The number of hydrogen-bond donors (Lipinski definition) is 2. The molecule has 1 saturated heterocycles. The van der Waals surface area contributed by atoms with Crippen LogP contribution in [0.4, 0.5) is 0 Å². The van der Waals surface area contributed by atoms with E-state index in [-0.39, 0.29) is 18.4 Å². The summed E-state index contributed by atoms with van der Waals surface area (Å²) < 4.78 is 0. The van der Waals surface area contributed by atoms with E-state index in [2.05, 4.69) is 5.32 Å². The van der Waals surface area contributed by atoms with E-state index in [1.807, 2.05) is 13.8 Å². The summed E-state index contributed by atoms with van der Waals surface area (Å²) in [6.45, 7) is 4.72. The maximum Gasteiger partial charge on any atom is 0.323 e. The fraction of sp³-hybridized carbons (Fsp3) is 0.750. The number of nitrogens with zero attached hydrogens (tertiary/aromatic N) is 1. The molecule has 0 saturated carbocycles. The summed E-state index contributed by atoms with van der Waals surface area (Å²) in [6.07, 6.45) is 2.06. The number of carboxylic acids is 1. The number of nitrogens with one attached hydrogen (secondary N) is 1. The topological polar surface area (TPSA) is 86.7 Å². The Morgan fingerprint density at radius 1 is 1.50 bits per heavy atom. The Hall–Kier alpha value is -1.59. The van der Waals surface area contributed by atoms with Gasteiger partial charge in [0.15, 0.2) is 0 Å². The zero-order valence-electron chi connectivity index (χ0n) is 11.0. The molecule has 0 aromatic heterocycles. The van der Waals surface area contributed by atoms with Crippen LogP contribution in [0.25, 0.3) is 0 Å². The van der Waals surface area contributed by atoms with Crippen molar-refractivity contribution >= 4 is 17.8 Å². The summed E-state index contributed by atoms with van der Waals surface area (Å²) in [6, 6.07) is -0.608. The third-order valence-corrected chi connectivity index (χ3v) is 3.25. The minimum atomic E-state index is -1.04. The third kappa shape index (κ3) is 3.45. The molecule has 1 aliphatic heterocycles. The molecule has 1 heterocycles. The first-order valence-corrected chi connectivity index (χ1v) is 6.04. The normalized spacial score (nSPS) is 23.4. The first kappa shape index (κ1) is 14.5. The van der Waals surface area contributed by atoms with Gasteiger partial charge in [-0.25, -0.2) is 0 Å². The van der Waals surface area contributed by atoms with Gasteiger partial charge in [-0.3, -0.25) is 14.4 Å². The number of carboxylic acid groups (broad SMARTS) is 1. The Balaban J connectivity index is 2.94. The first-order chi connectivity index (χ1) is 8.24. The molecular formula is C12H20N2O4. The van der Waals surface area contributed by atoms with Crippen molar-refractivity contribution in [3.05, 3.63) is 0 Å². The van der Waals surface area contributed by atoms with Gasteiger partial charge in [0, 0.05) is 12.5 Å². The van der Waals surface area contributed by atoms with Crippen LogP contribution in [0, 0.1) is 0 Å². The van der Waals surface area contributed by atoms with Gasteiger partial charge in [-0.15, -0.1) is 0 Å². The van der Waals surface area contributed by atoms with Crippen LogP contribution in [0.2, 0.25) is 0 Å². The maximum absolute atomic E-state index is 12.3. The van der Waals surface area contributed by atoms with Crippen LogP contribution in [-0.2, 0) is 14.4 Å². The Bertz CT molecular complexity index is 365. The highest BCUT2D eigenvalue weighted by Crippen LogP contribution is 2.27. The lowest BCUT2D eigenvalue weighted by Crippen LogP contribution is -2.55. The molecule has 1 fully saturated rings. The van der Waals surface area contributed by atoms with Crippen molar-refractivity contribution < 1.29 is 19.5 Å². The van der Waals surface area contributed by atoms with E-state index in [1.54, 1.807) is 0 Å². The molecule has 0 spiro atoms. The SMILES string of the molecule is CC(=O)N[C@H]1CCCC(C)(C)N(CC(=O)O)C1=O. The molecule has 6 nitrogen and oxygen atoms in total. The molecule has 1 aliphatic rings. The summed E-state index contributed by atoms with van der Waals surface area (Å²) in [5, 5.41) is 11.5. The lowest BCUT2D eigenvalue weighted by molar-refractivity contribution is -0.149. The molecule has 2 amide bonds. The van der Waals surface area contributed by atoms with Crippen molar-refractivity contribution in [2.24, 2.45) is 0 Å². The number of amides is 2. The average Bonchev–Trinajstić information content (AvgIpc) is 2.30. The van der Waals surface area contributed by atoms with Gasteiger partial charge < -0.3 is 15.3 Å². The van der Waals surface area contributed by atoms with E-state index in [4.69, 9.17) is 5.11 Å². The fourth-order valence-corrected chi connectivity index (χ4v) is 2.29. The van der Waals surface area contributed by atoms with Gasteiger partial charge in [-0.2, -0.15) is 0 Å². The number of likely N-dealkylation sites (tertiary alicyclic amines) is 1. The van der Waals surface area contributed by atoms with Gasteiger partial charge in [0.2, 0.25) is 11.8 Å². The summed E-state index contributed by atoms with van der Waals surface area (Å²) >= 11 is 0. The monoisotopic (exact) mass is 256 g/mol. The Morgan fingerprint density at radius 3 is 2.61 bits per heavy atom. The number of rotatable bonds is 3. The highest BCUT2D eigenvalue weighted by atomic mass is 16.4. The lowest BCUT2D eigenvalue weighted by atomic mass is 9.97. The van der Waals surface area contributed by atoms with Crippen molar-refractivity contribution in [3.8, 4) is 0 Å². The van der Waals surface area contributed by atoms with E-state index in [0.29, 0.717) is 6.42 Å². The van der Waals surface area contributed by atoms with Crippen molar-refractivity contribution in [2.75, 3.05) is 6.54 Å². The summed E-state index contributed by atoms with van der Waals surface area (Å²) in [7, 11) is 0. The molecule has 1 rings (SSSR count). The molecule has 0 bridgehead atoms. The van der Waals surface area contributed by atoms with E-state index >= 15 is 0 Å². The van der Waals surface area contributed by atoms with E-state index < -0.39 is 17.6 Å². The first-order valence-electron chi connectivity index (χ1n) is 6.04. The average molecular weight is 256 g/mol. The van der Waals surface area contributed by atoms with E-state index in [0.717, 1.165) is 12.8 Å². The van der Waals surface area contributed by atoms with Gasteiger partial charge in [-0.05, 0) is 33.1 Å². The number of carbonyl (C=O) groups is 3. The molecular weight excluding hydrogens is 236 g/mol. The minimum Gasteiger partial charge on any atom is -0.480 e. The van der Waals surface area contributed by atoms with Crippen molar-refractivity contribution in [1.82, 2.24) is 10.2 Å². The Kier molecular flexibility index (Phi) is 4.32. The van der Waals surface area contributed by atoms with E-state index in [1.165, 1.54) is 11.8 Å². The molecule has 0 unspecified atom stereocenters. The van der Waals surface area contributed by atoms with E-state index in [9.17, 15) is 14.4 Å². The van der Waals surface area contributed by atoms with Crippen LogP contribution >= 0.6 is 0 Å². The molecule has 1 atom stereocenters. The van der Waals surface area contributed by atoms with Crippen LogP contribution in [-0.4, -0.2) is 45.9 Å². The van der Waals surface area contributed by atoms with Gasteiger partial charge in [0.05, 0.1) is 0 Å². The smallest absolute Gasteiger partial charge is 0.323 e. The predicted molar refractivity (Wildman–Crippen MR) is 64.9 cm³/mol. The zero-order chi connectivity index (χ0) is 13.9. The van der Waals surface area contributed by atoms with Gasteiger partial charge in [0.1, 0.15) is 12.6 Å². The maximum atomic E-state index is 12.3. The highest BCUT2D eigenvalue weighted by Gasteiger charge is 2.38. The third-order valence-electron chi connectivity index (χ3n) is 3.25. The number of carbonyl (C=O) groups excluding carboxylic acids is 2. The zero-order valence-corrected chi connectivity index (χ0v) is 11.0. The van der Waals surface area contributed by atoms with Crippen LogP contribution in [0.5, 0.6) is 0 Å². The fourth-order valence-electron chi connectivity index (χ4n) is 2.29. The highest BCUT2D eigenvalue weighted by molar-refractivity contribution is 5.89. The van der Waals surface area contributed by atoms with Crippen LogP contribution in [0.1, 0.15) is 40.0 Å². The molecule has 0 aliphatic carbocycles. The van der Waals surface area contributed by atoms with Crippen molar-refractivity contribution in [3.63, 3.8) is 0 Å². The number of hydrogen-bond acceptors (Lipinski definition) is 3. The molecule has 2 N–H and O–H groups in total. The second-order valence-electron chi connectivity index (χ2n) is 5.28. The Labute approximate surface area is 106 Å². The van der Waals surface area contributed by atoms with Gasteiger partial charge in [0.25, 0.3) is 0 Å². The van der Waals surface area contributed by atoms with Crippen LogP contribution in [0.15, 0.2) is 0 Å². The Morgan fingerprint density at radius 2 is 2.11 bits per heavy atom. The summed E-state index contributed by atoms with van der Waals surface area (Å²) in [4.78, 5) is 35.6. The summed E-state index contributed by atoms with van der Waals surface area (Å²) in [5.74, 6) is -1.63. The van der Waals surface area contributed by atoms with Crippen LogP contribution in [0.3, 0.4) is 0 Å². The van der Waals surface area contributed by atoms with Crippen LogP contribution < -0.4 is 5.32 Å². The van der Waals surface area contributed by atoms with Crippen molar-refractivity contribution in [2.45, 2.75) is 51.6 Å². The second-order valence-corrected chi connectivity index (χ2v) is 5.28. The van der Waals surface area contributed by atoms with Gasteiger partial charge in [-0.1, -0.05) is 0 Å². The molecule has 102 valence electrons. The molecule has 0 radical (unpaired) electrons. The molecule has 0 aromatic carbocycles. The van der Waals surface area contributed by atoms with Gasteiger partial charge >= 0.3 is 5.97 Å². The quantitative estimate of drug-likeness (QED) is 0.763. The minimum absolute atomic E-state index is 0.275. The molecule has 18 heavy (non-hydrogen) atoms. The number of aliphatic carboxylic acids is 1. The lowest BCUT2D eigenvalue weighted by Gasteiger charge is -2.37. The largest absolute Gasteiger partial charge is 0.480 e. The predicted octanol–water partition coefficient (Wildman–Crippen LogP) is 0.367. The molecule has 6 heteroatoms.